The number of benzene rings is 2. The van der Waals surface area contributed by atoms with Crippen LogP contribution in [-0.4, -0.2) is 44.2 Å². The molecule has 0 aliphatic heterocycles. The van der Waals surface area contributed by atoms with Crippen LogP contribution in [0.2, 0.25) is 0 Å². The average Bonchev–Trinajstić information content (AvgIpc) is 2.81. The first-order valence-electron chi connectivity index (χ1n) is 11.1. The van der Waals surface area contributed by atoms with Crippen LogP contribution in [0.4, 0.5) is 11.4 Å². The van der Waals surface area contributed by atoms with Gasteiger partial charge in [0.05, 0.1) is 26.4 Å². The van der Waals surface area contributed by atoms with Gasteiger partial charge in [0, 0.05) is 17.8 Å². The van der Waals surface area contributed by atoms with Gasteiger partial charge in [0.2, 0.25) is 6.04 Å². The van der Waals surface area contributed by atoms with Crippen molar-refractivity contribution >= 4 is 34.8 Å². The van der Waals surface area contributed by atoms with E-state index in [-0.39, 0.29) is 5.69 Å². The topological polar surface area (TPSA) is 99.0 Å². The van der Waals surface area contributed by atoms with E-state index in [9.17, 15) is 9.59 Å². The summed E-state index contributed by atoms with van der Waals surface area (Å²) in [4.78, 5) is 25.6. The third-order valence-electron chi connectivity index (χ3n) is 4.39. The van der Waals surface area contributed by atoms with Crippen LogP contribution in [0.15, 0.2) is 46.6 Å². The Balaban J connectivity index is 2.43. The first-order valence-corrected chi connectivity index (χ1v) is 11.4. The van der Waals surface area contributed by atoms with E-state index < -0.39 is 17.7 Å². The summed E-state index contributed by atoms with van der Waals surface area (Å²) in [7, 11) is 0. The number of rotatable bonds is 13. The minimum absolute atomic E-state index is 0.188. The van der Waals surface area contributed by atoms with Crippen LogP contribution >= 0.6 is 11.8 Å². The maximum atomic E-state index is 13.3. The second-order valence-corrected chi connectivity index (χ2v) is 7.15. The highest BCUT2D eigenvalue weighted by atomic mass is 35.5. The Morgan fingerprint density at radius 1 is 0.882 bits per heavy atom. The molecule has 2 rings (SSSR count). The zero-order valence-electron chi connectivity index (χ0n) is 20.0. The summed E-state index contributed by atoms with van der Waals surface area (Å²) in [6, 6.07) is 8.58. The third-order valence-corrected chi connectivity index (χ3v) is 4.73. The van der Waals surface area contributed by atoms with Crippen LogP contribution in [0.25, 0.3) is 0 Å². The van der Waals surface area contributed by atoms with Crippen molar-refractivity contribution in [3.8, 4) is 23.0 Å². The van der Waals surface area contributed by atoms with Crippen molar-refractivity contribution < 1.29 is 28.5 Å². The van der Waals surface area contributed by atoms with Gasteiger partial charge in [-0.25, -0.2) is 4.42 Å². The van der Waals surface area contributed by atoms with Crippen LogP contribution < -0.4 is 23.4 Å². The van der Waals surface area contributed by atoms with Crippen molar-refractivity contribution in [3.05, 3.63) is 36.4 Å². The van der Waals surface area contributed by atoms with Crippen molar-refractivity contribution in [2.45, 2.75) is 40.7 Å². The Morgan fingerprint density at radius 3 is 1.97 bits per heavy atom. The molecule has 0 aliphatic rings. The smallest absolute Gasteiger partial charge is 0.276 e. The lowest BCUT2D eigenvalue weighted by Gasteiger charge is -2.22. The van der Waals surface area contributed by atoms with Gasteiger partial charge in [-0.2, -0.15) is 10.2 Å². The molecule has 34 heavy (non-hydrogen) atoms. The molecule has 10 heteroatoms. The first-order chi connectivity index (χ1) is 16.4. The fourth-order valence-corrected chi connectivity index (χ4v) is 3.25. The number of ketones is 1. The number of anilines is 1. The predicted molar refractivity (Wildman–Crippen MR) is 130 cm³/mol. The molecule has 0 bridgehead atoms. The molecule has 0 N–H and O–H groups in total. The molecule has 0 fully saturated rings. The fourth-order valence-electron chi connectivity index (χ4n) is 2.99. The maximum Gasteiger partial charge on any atom is 0.276 e. The van der Waals surface area contributed by atoms with Crippen LogP contribution in [0.5, 0.6) is 23.0 Å². The summed E-state index contributed by atoms with van der Waals surface area (Å²) < 4.78 is 23.1. The number of ether oxygens (including phenoxy) is 4. The summed E-state index contributed by atoms with van der Waals surface area (Å²) in [6.45, 7) is 10.1. The van der Waals surface area contributed by atoms with Crippen molar-refractivity contribution in [1.82, 2.24) is 0 Å². The number of amides is 1. The van der Waals surface area contributed by atoms with Gasteiger partial charge in [-0.15, -0.1) is 0 Å². The Bertz CT molecular complexity index is 990. The van der Waals surface area contributed by atoms with E-state index in [0.717, 1.165) is 4.42 Å². The number of azo groups is 1. The lowest BCUT2D eigenvalue weighted by Crippen LogP contribution is -2.36. The van der Waals surface area contributed by atoms with Gasteiger partial charge in [0.25, 0.3) is 5.91 Å². The Morgan fingerprint density at radius 2 is 1.44 bits per heavy atom. The molecule has 1 unspecified atom stereocenters. The van der Waals surface area contributed by atoms with Gasteiger partial charge in [-0.3, -0.25) is 9.59 Å². The van der Waals surface area contributed by atoms with Gasteiger partial charge < -0.3 is 18.9 Å². The van der Waals surface area contributed by atoms with E-state index in [2.05, 4.69) is 10.2 Å². The van der Waals surface area contributed by atoms with Gasteiger partial charge in [-0.1, -0.05) is 6.07 Å². The molecule has 0 heterocycles. The van der Waals surface area contributed by atoms with Crippen molar-refractivity contribution in [3.63, 3.8) is 0 Å². The van der Waals surface area contributed by atoms with Gasteiger partial charge >= 0.3 is 0 Å². The second-order valence-electron chi connectivity index (χ2n) is 6.81. The number of Topliss-reactive ketones (excluding diaryl/α,β-unsaturated/α-hetero) is 1. The molecule has 1 atom stereocenters. The normalized spacial score (nSPS) is 11.7. The molecular formula is C24H30ClN3O6. The number of halogens is 1. The van der Waals surface area contributed by atoms with Gasteiger partial charge in [0.1, 0.15) is 34.4 Å². The van der Waals surface area contributed by atoms with Crippen molar-refractivity contribution in [2.24, 2.45) is 10.2 Å². The largest absolute Gasteiger partial charge is 0.494 e. The highest BCUT2D eigenvalue weighted by Gasteiger charge is 2.32. The average molecular weight is 492 g/mol. The van der Waals surface area contributed by atoms with Gasteiger partial charge in [-0.05, 0) is 58.9 Å². The van der Waals surface area contributed by atoms with Crippen molar-refractivity contribution in [1.29, 1.82) is 0 Å². The molecule has 9 nitrogen and oxygen atoms in total. The lowest BCUT2D eigenvalue weighted by molar-refractivity contribution is -0.126. The van der Waals surface area contributed by atoms with Crippen LogP contribution in [0.3, 0.4) is 0 Å². The minimum Gasteiger partial charge on any atom is -0.494 e. The highest BCUT2D eigenvalue weighted by molar-refractivity contribution is 6.39. The quantitative estimate of drug-likeness (QED) is 0.208. The molecule has 0 radical (unpaired) electrons. The number of hydrogen-bond donors (Lipinski definition) is 0. The molecule has 0 aliphatic carbocycles. The number of nitrogens with zero attached hydrogens (tertiary/aromatic N) is 3. The molecular weight excluding hydrogens is 462 g/mol. The standard InChI is InChI=1S/C24H30ClN3O6/c1-6-31-17-13-14-19(32-7-2)18(15-17)26-27-22(16(5)29)24(30)28(25)23-20(33-8-3)11-10-12-21(23)34-9-4/h10-15,22H,6-9H2,1-5H3. The van der Waals surface area contributed by atoms with Gasteiger partial charge in [0.15, 0.2) is 5.78 Å². The number of para-hydroxylation sites is 1. The second kappa shape index (κ2) is 13.4. The number of carbonyl (C=O) groups is 2. The van der Waals surface area contributed by atoms with E-state index in [1.54, 1.807) is 50.2 Å². The summed E-state index contributed by atoms with van der Waals surface area (Å²) in [5.41, 5.74) is 0.505. The zero-order valence-corrected chi connectivity index (χ0v) is 20.8. The van der Waals surface area contributed by atoms with E-state index >= 15 is 0 Å². The Kier molecular flexibility index (Phi) is 10.6. The predicted octanol–water partition coefficient (Wildman–Crippen LogP) is 5.51. The van der Waals surface area contributed by atoms with E-state index in [1.165, 1.54) is 6.92 Å². The SMILES string of the molecule is CCOc1ccc(OCC)c(N=NC(C(C)=O)C(=O)N(Cl)c2c(OCC)cccc2OCC)c1. The summed E-state index contributed by atoms with van der Waals surface area (Å²) in [6.07, 6.45) is 0. The van der Waals surface area contributed by atoms with Crippen LogP contribution in [0.1, 0.15) is 34.6 Å². The third kappa shape index (κ3) is 6.84. The van der Waals surface area contributed by atoms with E-state index in [0.29, 0.717) is 55.1 Å². The maximum absolute atomic E-state index is 13.3. The Hall–Kier alpha value is -3.33. The van der Waals surface area contributed by atoms with Crippen LogP contribution in [-0.2, 0) is 9.59 Å². The molecule has 1 amide bonds. The number of hydrogen-bond acceptors (Lipinski definition) is 8. The summed E-state index contributed by atoms with van der Waals surface area (Å²) in [5, 5.41) is 8.15. The Labute approximate surface area is 204 Å². The van der Waals surface area contributed by atoms with E-state index in [4.69, 9.17) is 30.7 Å². The minimum atomic E-state index is -1.49. The molecule has 0 spiro atoms. The van der Waals surface area contributed by atoms with Crippen molar-refractivity contribution in [2.75, 3.05) is 30.8 Å². The molecule has 0 saturated carbocycles. The summed E-state index contributed by atoms with van der Waals surface area (Å²) >= 11 is 6.43. The molecule has 2 aromatic rings. The number of carbonyl (C=O) groups excluding carboxylic acids is 2. The monoisotopic (exact) mass is 491 g/mol. The molecule has 0 saturated heterocycles. The molecule has 2 aromatic carbocycles. The van der Waals surface area contributed by atoms with E-state index in [1.807, 2.05) is 13.8 Å². The highest BCUT2D eigenvalue weighted by Crippen LogP contribution is 2.40. The zero-order chi connectivity index (χ0) is 25.1. The fraction of sp³-hybridized carbons (Fsp3) is 0.417. The molecule has 0 aromatic heterocycles. The first kappa shape index (κ1) is 26.9. The lowest BCUT2D eigenvalue weighted by atomic mass is 10.2. The summed E-state index contributed by atoms with van der Waals surface area (Å²) in [5.74, 6) is 0.317. The molecule has 184 valence electrons. The van der Waals surface area contributed by atoms with Crippen LogP contribution in [0, 0.1) is 0 Å².